The van der Waals surface area contributed by atoms with Crippen LogP contribution in [0.1, 0.15) is 52.4 Å². The second kappa shape index (κ2) is 6.28. The average molecular weight is 218 g/mol. The van der Waals surface area contributed by atoms with Gasteiger partial charge in [0.2, 0.25) is 0 Å². The van der Waals surface area contributed by atoms with Crippen LogP contribution in [-0.2, 0) is 4.84 Å². The van der Waals surface area contributed by atoms with Crippen molar-refractivity contribution in [1.82, 2.24) is 0 Å². The Bertz CT molecular complexity index is 192. The van der Waals surface area contributed by atoms with Crippen LogP contribution < -0.4 is 0 Å². The second-order valence-corrected chi connectivity index (χ2v) is 4.68. The van der Waals surface area contributed by atoms with Gasteiger partial charge in [0.15, 0.2) is 0 Å². The molecule has 0 aromatic heterocycles. The maximum Gasteiger partial charge on any atom is 0.148 e. The molecule has 0 saturated heterocycles. The standard InChI is InChI=1S/C11H20ClNO/c1-3-4-5-6-7-10-8-11(9(2)12)14-13-10/h9,11H,3-8H2,1-2H3. The van der Waals surface area contributed by atoms with E-state index in [1.54, 1.807) is 0 Å². The van der Waals surface area contributed by atoms with Crippen LogP contribution in [0.25, 0.3) is 0 Å². The van der Waals surface area contributed by atoms with Crippen LogP contribution in [0.15, 0.2) is 5.16 Å². The molecule has 0 N–H and O–H groups in total. The van der Waals surface area contributed by atoms with Crippen molar-refractivity contribution in [3.63, 3.8) is 0 Å². The molecule has 0 radical (unpaired) electrons. The molecule has 0 aromatic carbocycles. The number of nitrogens with zero attached hydrogens (tertiary/aromatic N) is 1. The topological polar surface area (TPSA) is 21.6 Å². The summed E-state index contributed by atoms with van der Waals surface area (Å²) in [5, 5.41) is 4.13. The zero-order valence-electron chi connectivity index (χ0n) is 9.13. The maximum atomic E-state index is 5.93. The van der Waals surface area contributed by atoms with Gasteiger partial charge in [-0.25, -0.2) is 0 Å². The number of halogens is 1. The van der Waals surface area contributed by atoms with Crippen molar-refractivity contribution in [2.24, 2.45) is 5.16 Å². The van der Waals surface area contributed by atoms with Crippen molar-refractivity contribution in [2.45, 2.75) is 63.9 Å². The molecule has 0 aromatic rings. The number of hydrogen-bond donors (Lipinski definition) is 0. The van der Waals surface area contributed by atoms with Crippen molar-refractivity contribution in [3.05, 3.63) is 0 Å². The fourth-order valence-electron chi connectivity index (χ4n) is 1.60. The second-order valence-electron chi connectivity index (χ2n) is 3.99. The van der Waals surface area contributed by atoms with E-state index in [2.05, 4.69) is 12.1 Å². The van der Waals surface area contributed by atoms with Gasteiger partial charge in [0.1, 0.15) is 6.10 Å². The lowest BCUT2D eigenvalue weighted by atomic mass is 10.0. The van der Waals surface area contributed by atoms with Gasteiger partial charge in [0, 0.05) is 6.42 Å². The van der Waals surface area contributed by atoms with Gasteiger partial charge < -0.3 is 4.84 Å². The van der Waals surface area contributed by atoms with Crippen LogP contribution in [0.4, 0.5) is 0 Å². The van der Waals surface area contributed by atoms with Gasteiger partial charge >= 0.3 is 0 Å². The van der Waals surface area contributed by atoms with Gasteiger partial charge in [-0.15, -0.1) is 11.6 Å². The molecule has 1 aliphatic rings. The molecule has 0 bridgehead atoms. The summed E-state index contributed by atoms with van der Waals surface area (Å²) in [7, 11) is 0. The van der Waals surface area contributed by atoms with Crippen molar-refractivity contribution in [2.75, 3.05) is 0 Å². The Morgan fingerprint density at radius 2 is 2.29 bits per heavy atom. The first-order valence-electron chi connectivity index (χ1n) is 5.59. The zero-order chi connectivity index (χ0) is 10.4. The number of rotatable bonds is 6. The third kappa shape index (κ3) is 3.87. The van der Waals surface area contributed by atoms with Gasteiger partial charge in [-0.1, -0.05) is 31.3 Å². The zero-order valence-corrected chi connectivity index (χ0v) is 9.89. The molecule has 82 valence electrons. The highest BCUT2D eigenvalue weighted by Gasteiger charge is 2.24. The van der Waals surface area contributed by atoms with Gasteiger partial charge in [0.25, 0.3) is 0 Å². The van der Waals surface area contributed by atoms with E-state index in [9.17, 15) is 0 Å². The molecule has 1 aliphatic heterocycles. The smallest absolute Gasteiger partial charge is 0.148 e. The van der Waals surface area contributed by atoms with E-state index in [1.165, 1.54) is 31.4 Å². The van der Waals surface area contributed by atoms with E-state index >= 15 is 0 Å². The molecule has 0 amide bonds. The normalized spacial score (nSPS) is 23.1. The first kappa shape index (κ1) is 11.8. The Morgan fingerprint density at radius 3 is 2.86 bits per heavy atom. The summed E-state index contributed by atoms with van der Waals surface area (Å²) in [6.07, 6.45) is 7.26. The highest BCUT2D eigenvalue weighted by Crippen LogP contribution is 2.20. The minimum atomic E-state index is 0.0619. The summed E-state index contributed by atoms with van der Waals surface area (Å²) >= 11 is 5.93. The lowest BCUT2D eigenvalue weighted by Crippen LogP contribution is -2.17. The molecule has 2 atom stereocenters. The van der Waals surface area contributed by atoms with E-state index < -0.39 is 0 Å². The predicted molar refractivity (Wildman–Crippen MR) is 61.0 cm³/mol. The quantitative estimate of drug-likeness (QED) is 0.491. The molecule has 2 nitrogen and oxygen atoms in total. The number of unbranched alkanes of at least 4 members (excludes halogenated alkanes) is 3. The third-order valence-corrected chi connectivity index (χ3v) is 2.87. The molecular weight excluding hydrogens is 198 g/mol. The lowest BCUT2D eigenvalue weighted by Gasteiger charge is -2.08. The summed E-state index contributed by atoms with van der Waals surface area (Å²) in [5.74, 6) is 0. The molecule has 1 rings (SSSR count). The van der Waals surface area contributed by atoms with Crippen molar-refractivity contribution < 1.29 is 4.84 Å². The summed E-state index contributed by atoms with van der Waals surface area (Å²) in [4.78, 5) is 5.24. The van der Waals surface area contributed by atoms with E-state index in [4.69, 9.17) is 16.4 Å². The lowest BCUT2D eigenvalue weighted by molar-refractivity contribution is 0.0854. The van der Waals surface area contributed by atoms with Crippen molar-refractivity contribution in [1.29, 1.82) is 0 Å². The Kier molecular flexibility index (Phi) is 5.31. The average Bonchev–Trinajstić information content (AvgIpc) is 2.61. The number of hydrogen-bond acceptors (Lipinski definition) is 2. The Hall–Kier alpha value is -0.240. The van der Waals surface area contributed by atoms with Crippen LogP contribution in [-0.4, -0.2) is 17.2 Å². The summed E-state index contributed by atoms with van der Waals surface area (Å²) in [6, 6.07) is 0. The van der Waals surface area contributed by atoms with E-state index in [0.29, 0.717) is 0 Å². The van der Waals surface area contributed by atoms with Gasteiger partial charge in [-0.05, 0) is 19.8 Å². The summed E-state index contributed by atoms with van der Waals surface area (Å²) in [6.45, 7) is 4.18. The van der Waals surface area contributed by atoms with Gasteiger partial charge in [-0.2, -0.15) is 0 Å². The highest BCUT2D eigenvalue weighted by molar-refractivity contribution is 6.21. The predicted octanol–water partition coefficient (Wildman–Crippen LogP) is 3.73. The minimum absolute atomic E-state index is 0.0619. The Morgan fingerprint density at radius 1 is 1.50 bits per heavy atom. The van der Waals surface area contributed by atoms with Gasteiger partial charge in [0.05, 0.1) is 11.1 Å². The van der Waals surface area contributed by atoms with Gasteiger partial charge in [-0.3, -0.25) is 0 Å². The van der Waals surface area contributed by atoms with Crippen LogP contribution in [0.3, 0.4) is 0 Å². The third-order valence-electron chi connectivity index (χ3n) is 2.59. The minimum Gasteiger partial charge on any atom is -0.391 e. The Labute approximate surface area is 91.6 Å². The Balaban J connectivity index is 2.10. The number of oxime groups is 1. The number of alkyl halides is 1. The van der Waals surface area contributed by atoms with E-state index in [1.807, 2.05) is 6.92 Å². The molecular formula is C11H20ClNO. The molecule has 3 heteroatoms. The molecule has 2 unspecified atom stereocenters. The SMILES string of the molecule is CCCCCCC1=NOC(C(C)Cl)C1. The fraction of sp³-hybridized carbons (Fsp3) is 0.909. The van der Waals surface area contributed by atoms with Crippen molar-refractivity contribution >= 4 is 17.3 Å². The molecule has 14 heavy (non-hydrogen) atoms. The molecule has 0 fully saturated rings. The maximum absolute atomic E-state index is 5.93. The van der Waals surface area contributed by atoms with Crippen LogP contribution in [0, 0.1) is 0 Å². The molecule has 0 spiro atoms. The largest absolute Gasteiger partial charge is 0.391 e. The molecule has 1 heterocycles. The molecule has 0 saturated carbocycles. The molecule has 0 aliphatic carbocycles. The summed E-state index contributed by atoms with van der Waals surface area (Å²) in [5.41, 5.74) is 1.19. The van der Waals surface area contributed by atoms with E-state index in [-0.39, 0.29) is 11.5 Å². The van der Waals surface area contributed by atoms with Crippen LogP contribution in [0.5, 0.6) is 0 Å². The van der Waals surface area contributed by atoms with E-state index in [0.717, 1.165) is 12.8 Å². The van der Waals surface area contributed by atoms with Crippen LogP contribution in [0.2, 0.25) is 0 Å². The highest BCUT2D eigenvalue weighted by atomic mass is 35.5. The van der Waals surface area contributed by atoms with Crippen LogP contribution >= 0.6 is 11.6 Å². The monoisotopic (exact) mass is 217 g/mol. The summed E-state index contributed by atoms with van der Waals surface area (Å²) < 4.78 is 0. The first-order valence-corrected chi connectivity index (χ1v) is 6.03. The van der Waals surface area contributed by atoms with Crippen molar-refractivity contribution in [3.8, 4) is 0 Å². The fourth-order valence-corrected chi connectivity index (χ4v) is 1.73. The first-order chi connectivity index (χ1) is 6.74.